The fourth-order valence-electron chi connectivity index (χ4n) is 0.973. The summed E-state index contributed by atoms with van der Waals surface area (Å²) in [5.41, 5.74) is 0. The van der Waals surface area contributed by atoms with Crippen LogP contribution >= 0.6 is 0 Å². The lowest BCUT2D eigenvalue weighted by atomic mass is 10.2. The van der Waals surface area contributed by atoms with Gasteiger partial charge in [-0.05, 0) is 19.8 Å². The van der Waals surface area contributed by atoms with E-state index in [1.165, 1.54) is 12.8 Å². The molecule has 0 spiro atoms. The molecule has 0 aliphatic heterocycles. The minimum absolute atomic E-state index is 0.130. The number of carboxylic acids is 1. The maximum Gasteiger partial charge on any atom is 0.304 e. The molecule has 1 aliphatic carbocycles. The Labute approximate surface area is 60.4 Å². The number of rotatable bonds is 4. The van der Waals surface area contributed by atoms with E-state index in [9.17, 15) is 4.79 Å². The van der Waals surface area contributed by atoms with Crippen molar-refractivity contribution >= 4 is 5.97 Å². The van der Waals surface area contributed by atoms with Gasteiger partial charge in [-0.2, -0.15) is 0 Å². The van der Waals surface area contributed by atoms with Crippen molar-refractivity contribution in [2.24, 2.45) is 0 Å². The van der Waals surface area contributed by atoms with E-state index in [1.807, 2.05) is 6.92 Å². The highest BCUT2D eigenvalue weighted by Gasteiger charge is 2.23. The Kier molecular flexibility index (Phi) is 2.27. The predicted molar refractivity (Wildman–Crippen MR) is 37.9 cm³/mol. The van der Waals surface area contributed by atoms with Gasteiger partial charge in [0.2, 0.25) is 0 Å². The van der Waals surface area contributed by atoms with E-state index in [0.29, 0.717) is 6.04 Å². The van der Waals surface area contributed by atoms with E-state index >= 15 is 0 Å². The number of aliphatic carboxylic acids is 1. The first-order valence-electron chi connectivity index (χ1n) is 3.66. The largest absolute Gasteiger partial charge is 0.481 e. The molecule has 1 saturated carbocycles. The Morgan fingerprint density at radius 2 is 2.40 bits per heavy atom. The lowest BCUT2D eigenvalue weighted by Gasteiger charge is -2.08. The number of carboxylic acid groups (broad SMARTS) is 1. The molecular weight excluding hydrogens is 130 g/mol. The van der Waals surface area contributed by atoms with Crippen molar-refractivity contribution in [3.63, 3.8) is 0 Å². The minimum atomic E-state index is -0.722. The van der Waals surface area contributed by atoms with Crippen molar-refractivity contribution < 1.29 is 9.90 Å². The van der Waals surface area contributed by atoms with Gasteiger partial charge in [0.05, 0.1) is 6.42 Å². The van der Waals surface area contributed by atoms with Crippen molar-refractivity contribution in [3.8, 4) is 0 Å². The summed E-state index contributed by atoms with van der Waals surface area (Å²) < 4.78 is 0. The van der Waals surface area contributed by atoms with Crippen molar-refractivity contribution in [1.82, 2.24) is 5.32 Å². The normalized spacial score (nSPS) is 20.5. The molecule has 0 saturated heterocycles. The number of carbonyl (C=O) groups is 1. The van der Waals surface area contributed by atoms with Crippen LogP contribution in [0.25, 0.3) is 0 Å². The van der Waals surface area contributed by atoms with Crippen molar-refractivity contribution in [2.75, 3.05) is 0 Å². The molecule has 1 aliphatic rings. The van der Waals surface area contributed by atoms with E-state index in [1.54, 1.807) is 0 Å². The van der Waals surface area contributed by atoms with E-state index in [0.717, 1.165) is 0 Å². The van der Waals surface area contributed by atoms with Crippen LogP contribution in [0, 0.1) is 0 Å². The zero-order chi connectivity index (χ0) is 7.56. The van der Waals surface area contributed by atoms with Gasteiger partial charge in [0.1, 0.15) is 0 Å². The van der Waals surface area contributed by atoms with Crippen LogP contribution < -0.4 is 5.32 Å². The van der Waals surface area contributed by atoms with E-state index in [2.05, 4.69) is 5.32 Å². The Bertz CT molecular complexity index is 132. The molecule has 1 rings (SSSR count). The third kappa shape index (κ3) is 2.82. The molecule has 0 aromatic rings. The second-order valence-corrected chi connectivity index (χ2v) is 2.94. The van der Waals surface area contributed by atoms with E-state index in [4.69, 9.17) is 5.11 Å². The highest BCUT2D eigenvalue weighted by Crippen LogP contribution is 2.19. The average Bonchev–Trinajstić information content (AvgIpc) is 2.46. The van der Waals surface area contributed by atoms with Gasteiger partial charge in [-0.15, -0.1) is 0 Å². The van der Waals surface area contributed by atoms with Gasteiger partial charge in [-0.25, -0.2) is 0 Å². The van der Waals surface area contributed by atoms with Crippen LogP contribution in [0.2, 0.25) is 0 Å². The Balaban J connectivity index is 2.07. The fraction of sp³-hybridized carbons (Fsp3) is 0.857. The molecule has 0 amide bonds. The number of nitrogens with one attached hydrogen (secondary N) is 1. The summed E-state index contributed by atoms with van der Waals surface area (Å²) in [4.78, 5) is 10.2. The smallest absolute Gasteiger partial charge is 0.304 e. The second-order valence-electron chi connectivity index (χ2n) is 2.94. The van der Waals surface area contributed by atoms with Crippen LogP contribution in [0.1, 0.15) is 26.2 Å². The van der Waals surface area contributed by atoms with Crippen LogP contribution in [0.4, 0.5) is 0 Å². The van der Waals surface area contributed by atoms with Gasteiger partial charge < -0.3 is 10.4 Å². The summed E-state index contributed by atoms with van der Waals surface area (Å²) in [7, 11) is 0. The SMILES string of the molecule is CC(CC(=O)O)NC1CC1. The van der Waals surface area contributed by atoms with Crippen LogP contribution in [0.15, 0.2) is 0 Å². The molecule has 1 unspecified atom stereocenters. The summed E-state index contributed by atoms with van der Waals surface area (Å²) >= 11 is 0. The quantitative estimate of drug-likeness (QED) is 0.606. The maximum absolute atomic E-state index is 10.2. The van der Waals surface area contributed by atoms with Gasteiger partial charge in [0, 0.05) is 12.1 Å². The lowest BCUT2D eigenvalue weighted by molar-refractivity contribution is -0.137. The number of hydrogen-bond acceptors (Lipinski definition) is 2. The van der Waals surface area contributed by atoms with Crippen molar-refractivity contribution in [2.45, 2.75) is 38.3 Å². The minimum Gasteiger partial charge on any atom is -0.481 e. The molecule has 58 valence electrons. The molecule has 1 fully saturated rings. The molecule has 0 radical (unpaired) electrons. The molecule has 3 heteroatoms. The molecule has 3 nitrogen and oxygen atoms in total. The molecular formula is C7H13NO2. The molecule has 1 atom stereocenters. The molecule has 0 aromatic heterocycles. The molecule has 0 aromatic carbocycles. The summed E-state index contributed by atoms with van der Waals surface area (Å²) in [5.74, 6) is -0.722. The molecule has 2 N–H and O–H groups in total. The van der Waals surface area contributed by atoms with Crippen LogP contribution in [-0.4, -0.2) is 23.2 Å². The first kappa shape index (κ1) is 7.54. The fourth-order valence-corrected chi connectivity index (χ4v) is 0.973. The van der Waals surface area contributed by atoms with E-state index < -0.39 is 5.97 Å². The summed E-state index contributed by atoms with van der Waals surface area (Å²) in [6, 6.07) is 0.736. The Morgan fingerprint density at radius 1 is 1.80 bits per heavy atom. The molecule has 0 bridgehead atoms. The average molecular weight is 143 g/mol. The zero-order valence-corrected chi connectivity index (χ0v) is 6.13. The Hall–Kier alpha value is -0.570. The highest BCUT2D eigenvalue weighted by molar-refractivity contribution is 5.67. The highest BCUT2D eigenvalue weighted by atomic mass is 16.4. The number of hydrogen-bond donors (Lipinski definition) is 2. The summed E-state index contributed by atoms with van der Waals surface area (Å²) in [5, 5.41) is 11.6. The van der Waals surface area contributed by atoms with E-state index in [-0.39, 0.29) is 12.5 Å². The van der Waals surface area contributed by atoms with Crippen molar-refractivity contribution in [1.29, 1.82) is 0 Å². The topological polar surface area (TPSA) is 49.3 Å². The lowest BCUT2D eigenvalue weighted by Crippen LogP contribution is -2.30. The first-order chi connectivity index (χ1) is 4.68. The van der Waals surface area contributed by atoms with Gasteiger partial charge in [-0.3, -0.25) is 4.79 Å². The first-order valence-corrected chi connectivity index (χ1v) is 3.66. The van der Waals surface area contributed by atoms with Crippen molar-refractivity contribution in [3.05, 3.63) is 0 Å². The van der Waals surface area contributed by atoms with Crippen LogP contribution in [0.3, 0.4) is 0 Å². The Morgan fingerprint density at radius 3 is 2.80 bits per heavy atom. The summed E-state index contributed by atoms with van der Waals surface area (Å²) in [6.45, 7) is 1.91. The molecule has 0 heterocycles. The van der Waals surface area contributed by atoms with Gasteiger partial charge in [0.15, 0.2) is 0 Å². The monoisotopic (exact) mass is 143 g/mol. The second kappa shape index (κ2) is 3.01. The van der Waals surface area contributed by atoms with Crippen LogP contribution in [-0.2, 0) is 4.79 Å². The molecule has 10 heavy (non-hydrogen) atoms. The standard InChI is InChI=1S/C7H13NO2/c1-5(4-7(9)10)8-6-2-3-6/h5-6,8H,2-4H2,1H3,(H,9,10). The zero-order valence-electron chi connectivity index (χ0n) is 6.13. The summed E-state index contributed by atoms with van der Waals surface area (Å²) in [6.07, 6.45) is 2.66. The third-order valence-electron chi connectivity index (χ3n) is 1.58. The van der Waals surface area contributed by atoms with Gasteiger partial charge in [0.25, 0.3) is 0 Å². The third-order valence-corrected chi connectivity index (χ3v) is 1.58. The van der Waals surface area contributed by atoms with Crippen LogP contribution in [0.5, 0.6) is 0 Å². The maximum atomic E-state index is 10.2. The van der Waals surface area contributed by atoms with Gasteiger partial charge >= 0.3 is 5.97 Å². The predicted octanol–water partition coefficient (Wildman–Crippen LogP) is 0.602. The van der Waals surface area contributed by atoms with Gasteiger partial charge in [-0.1, -0.05) is 0 Å².